The highest BCUT2D eigenvalue weighted by Crippen LogP contribution is 2.45. The van der Waals surface area contributed by atoms with Crippen LogP contribution in [0.2, 0.25) is 10.0 Å². The second-order valence-corrected chi connectivity index (χ2v) is 25.7. The van der Waals surface area contributed by atoms with E-state index in [0.29, 0.717) is 52.3 Å². The maximum Gasteiger partial charge on any atom is 0.335 e. The lowest BCUT2D eigenvalue weighted by molar-refractivity contribution is -0.143. The molecule has 0 amide bonds. The van der Waals surface area contributed by atoms with E-state index in [0.717, 1.165) is 79.6 Å². The van der Waals surface area contributed by atoms with E-state index in [1.54, 1.807) is 50.4 Å². The molecule has 0 saturated carbocycles. The van der Waals surface area contributed by atoms with Gasteiger partial charge in [0.05, 0.1) is 17.2 Å². The third-order valence-corrected chi connectivity index (χ3v) is 18.5. The minimum Gasteiger partial charge on any atom is -0.496 e. The molecule has 0 aromatic heterocycles. The molecule has 550 valence electrons. The highest BCUT2D eigenvalue weighted by atomic mass is 35.5. The van der Waals surface area contributed by atoms with Crippen molar-refractivity contribution in [2.75, 3.05) is 20.3 Å². The van der Waals surface area contributed by atoms with E-state index >= 15 is 0 Å². The van der Waals surface area contributed by atoms with Gasteiger partial charge in [-0.1, -0.05) is 281 Å². The van der Waals surface area contributed by atoms with Gasteiger partial charge in [0.1, 0.15) is 42.3 Å². The smallest absolute Gasteiger partial charge is 0.335 e. The average Bonchev–Trinajstić information content (AvgIpc) is 1.50. The third-order valence-electron chi connectivity index (χ3n) is 17.9. The molecule has 0 bridgehead atoms. The van der Waals surface area contributed by atoms with Crippen LogP contribution in [0.5, 0.6) is 23.0 Å². The molecular formula is C94H76Cl2O14. The predicted molar refractivity (Wildman–Crippen MR) is 437 cm³/mol. The zero-order chi connectivity index (χ0) is 78.2. The van der Waals surface area contributed by atoms with Gasteiger partial charge in [0, 0.05) is 88.2 Å². The number of halogens is 2. The van der Waals surface area contributed by atoms with Gasteiger partial charge in [0.2, 0.25) is 0 Å². The Labute approximate surface area is 647 Å². The number of methoxy groups -OCH3 is 1. The molecule has 12 aromatic rings. The van der Waals surface area contributed by atoms with Crippen LogP contribution in [-0.2, 0) is 60.6 Å². The fourth-order valence-electron chi connectivity index (χ4n) is 12.9. The molecule has 0 fully saturated rings. The maximum atomic E-state index is 11.4. The number of ketones is 1. The van der Waals surface area contributed by atoms with E-state index < -0.39 is 17.9 Å². The molecule has 14 nitrogen and oxygen atoms in total. The van der Waals surface area contributed by atoms with Crippen molar-refractivity contribution in [3.05, 3.63) is 373 Å². The summed E-state index contributed by atoms with van der Waals surface area (Å²) in [4.78, 5) is 78.6. The summed E-state index contributed by atoms with van der Waals surface area (Å²) in [5, 5.41) is 8.44. The number of rotatable bonds is 17. The zero-order valence-electron chi connectivity index (χ0n) is 60.4. The molecule has 15 rings (SSSR count). The van der Waals surface area contributed by atoms with Crippen molar-refractivity contribution in [1.29, 1.82) is 0 Å². The van der Waals surface area contributed by atoms with Crippen LogP contribution >= 0.6 is 23.2 Å². The first-order chi connectivity index (χ1) is 53.4. The van der Waals surface area contributed by atoms with Crippen molar-refractivity contribution in [2.45, 2.75) is 37.7 Å². The minimum atomic E-state index is -0.556. The van der Waals surface area contributed by atoms with Crippen molar-refractivity contribution >= 4 is 120 Å². The van der Waals surface area contributed by atoms with Crippen LogP contribution in [0.15, 0.2) is 313 Å². The summed E-state index contributed by atoms with van der Waals surface area (Å²) in [6.45, 7) is 22.6. The Hall–Kier alpha value is -13.3. The molecular weight excluding hydrogens is 1420 g/mol. The maximum absolute atomic E-state index is 11.4. The number of hydrogen-bond acceptors (Lipinski definition) is 14. The van der Waals surface area contributed by atoms with Crippen LogP contribution in [0.25, 0.3) is 66.4 Å². The van der Waals surface area contributed by atoms with Gasteiger partial charge < -0.3 is 33.2 Å². The summed E-state index contributed by atoms with van der Waals surface area (Å²) < 4.78 is 36.5. The molecule has 0 saturated heterocycles. The molecule has 3 aliphatic rings. The Morgan fingerprint density at radius 1 is 0.409 bits per heavy atom. The number of Topliss-reactive ketones (excluding diaryl/α,β-unsaturated/α-hetero) is 1. The Morgan fingerprint density at radius 3 is 1.45 bits per heavy atom. The van der Waals surface area contributed by atoms with Gasteiger partial charge in [0.25, 0.3) is 0 Å². The minimum absolute atomic E-state index is 0.0382. The van der Waals surface area contributed by atoms with E-state index in [1.165, 1.54) is 67.9 Å². The lowest BCUT2D eigenvalue weighted by Crippen LogP contribution is -2.14. The number of esters is 6. The van der Waals surface area contributed by atoms with Crippen LogP contribution in [-0.4, -0.2) is 61.9 Å². The summed E-state index contributed by atoms with van der Waals surface area (Å²) in [5.74, 6) is -0.293. The van der Waals surface area contributed by atoms with Gasteiger partial charge in [-0.25, -0.2) is 28.8 Å². The average molecular weight is 1500 g/mol. The molecule has 0 heterocycles. The van der Waals surface area contributed by atoms with Gasteiger partial charge in [-0.15, -0.1) is 0 Å². The summed E-state index contributed by atoms with van der Waals surface area (Å²) in [6, 6.07) is 76.4. The summed E-state index contributed by atoms with van der Waals surface area (Å²) in [6.07, 6.45) is 12.2. The number of carbonyl (C=O) groups is 7. The summed E-state index contributed by atoms with van der Waals surface area (Å²) >= 11 is 12.1. The molecule has 0 aliphatic heterocycles. The van der Waals surface area contributed by atoms with Crippen molar-refractivity contribution in [1.82, 2.24) is 0 Å². The Kier molecular flexibility index (Phi) is 27.6. The molecule has 0 N–H and O–H groups in total. The fraction of sp³-hybridized carbons (Fsp3) is 0.0957. The zero-order valence-corrected chi connectivity index (χ0v) is 61.9. The number of ether oxygens (including phenoxy) is 7. The van der Waals surface area contributed by atoms with Crippen molar-refractivity contribution in [2.24, 2.45) is 0 Å². The van der Waals surface area contributed by atoms with Gasteiger partial charge >= 0.3 is 35.8 Å². The van der Waals surface area contributed by atoms with E-state index in [9.17, 15) is 33.6 Å². The van der Waals surface area contributed by atoms with Gasteiger partial charge in [0.15, 0.2) is 5.75 Å². The summed E-state index contributed by atoms with van der Waals surface area (Å²) in [7, 11) is 1.61. The first-order valence-corrected chi connectivity index (χ1v) is 35.6. The third kappa shape index (κ3) is 19.9. The highest BCUT2D eigenvalue weighted by Gasteiger charge is 2.30. The molecule has 12 aromatic carbocycles. The van der Waals surface area contributed by atoms with Crippen LogP contribution < -0.4 is 18.9 Å². The SMILES string of the molecule is C=CC(=O)OC1Cc2cccc3cccc1c23.C=CC(=O)OCC1c2ccccc2-c2ccccc21.C=CC(=O)OCC1c2ccccc2C=Cc2ccccc21.C=CC(=O)Oc1c(Cl)cc(Cl)c2ccccc12.C=CC(=O)Oc1ccc(OC)c2ccccc12.C=CC(=O)Oc1ccc2cc(CC(C)=O)ccc2c1. The van der Waals surface area contributed by atoms with E-state index in [-0.39, 0.29) is 41.6 Å². The van der Waals surface area contributed by atoms with E-state index in [2.05, 4.69) is 118 Å². The van der Waals surface area contributed by atoms with Crippen LogP contribution in [0.1, 0.15) is 74.9 Å². The standard InChI is InChI=1S/C19H16O2.C17H14O2.C16H14O3.C15H12O2.C14H12O3.C13H8Cl2O2/c1-2-19(20)21-13-18-16-9-5-3-7-14(16)11-12-15-8-4-6-10-17(15)18;1-2-17(18)19-11-16-14-9-5-3-7-12(14)13-8-4-6-10-15(13)16;1-3-16(18)19-15-7-6-13-9-12(8-11(2)17)4-5-14(13)10-15;1-2-14(16)17-13-9-11-7-3-5-10-6-4-8-12(13)15(10)11;1-3-14(15)17-13-9-8-12(16-2)10-6-4-5-7-11(10)13;1-2-12(16)17-13-9-6-4-3-5-8(9)10(14)7-11(13)15/h2-12,18H,1,13H2;2-10,16H,1,11H2;3-7,9-10H,1,8H2,2H3;2-8,13H,1,9H2;3-9H,1H2,2H3;2-7H,1H2. The number of hydrogen-bond donors (Lipinski definition) is 0. The Morgan fingerprint density at radius 2 is 0.873 bits per heavy atom. The number of carbonyl (C=O) groups excluding carboxylic acids is 7. The van der Waals surface area contributed by atoms with Crippen molar-refractivity contribution in [3.8, 4) is 34.1 Å². The molecule has 1 unspecified atom stereocenters. The van der Waals surface area contributed by atoms with Crippen LogP contribution in [0.3, 0.4) is 0 Å². The molecule has 0 radical (unpaired) electrons. The molecule has 3 aliphatic carbocycles. The summed E-state index contributed by atoms with van der Waals surface area (Å²) in [5.41, 5.74) is 12.9. The van der Waals surface area contributed by atoms with Crippen LogP contribution in [0.4, 0.5) is 0 Å². The largest absolute Gasteiger partial charge is 0.496 e. The number of fused-ring (bicyclic) bond motifs is 8. The van der Waals surface area contributed by atoms with Gasteiger partial charge in [-0.2, -0.15) is 0 Å². The molecule has 16 heteroatoms. The fourth-order valence-corrected chi connectivity index (χ4v) is 13.5. The second-order valence-electron chi connectivity index (χ2n) is 24.9. The van der Waals surface area contributed by atoms with Crippen molar-refractivity contribution in [3.63, 3.8) is 0 Å². The highest BCUT2D eigenvalue weighted by molar-refractivity contribution is 6.40. The van der Waals surface area contributed by atoms with E-state index in [4.69, 9.17) is 56.4 Å². The van der Waals surface area contributed by atoms with Crippen LogP contribution in [0, 0.1) is 0 Å². The quantitative estimate of drug-likeness (QED) is 0.0363. The molecule has 1 atom stereocenters. The van der Waals surface area contributed by atoms with Gasteiger partial charge in [-0.3, -0.25) is 4.79 Å². The number of benzene rings is 12. The normalized spacial score (nSPS) is 12.2. The topological polar surface area (TPSA) is 184 Å². The van der Waals surface area contributed by atoms with Crippen molar-refractivity contribution < 1.29 is 66.7 Å². The Bertz CT molecular complexity index is 5470. The second kappa shape index (κ2) is 38.3. The monoisotopic (exact) mass is 1500 g/mol. The van der Waals surface area contributed by atoms with E-state index in [1.807, 2.05) is 133 Å². The predicted octanol–water partition coefficient (Wildman–Crippen LogP) is 21.0. The Balaban J connectivity index is 0.000000141. The van der Waals surface area contributed by atoms with Gasteiger partial charge in [-0.05, 0) is 114 Å². The lowest BCUT2D eigenvalue weighted by Gasteiger charge is -2.19. The molecule has 110 heavy (non-hydrogen) atoms. The first-order valence-electron chi connectivity index (χ1n) is 34.8. The lowest BCUT2D eigenvalue weighted by atomic mass is 9.88. The molecule has 0 spiro atoms. The first kappa shape index (κ1) is 79.3.